The van der Waals surface area contributed by atoms with Gasteiger partial charge >= 0.3 is 6.09 Å². The van der Waals surface area contributed by atoms with Crippen molar-refractivity contribution in [3.63, 3.8) is 0 Å². The Kier molecular flexibility index (Phi) is 4.68. The molecule has 0 spiro atoms. The Hall–Kier alpha value is -2.33. The molecule has 1 N–H and O–H groups in total. The Labute approximate surface area is 155 Å². The van der Waals surface area contributed by atoms with Gasteiger partial charge in [-0.25, -0.2) is 4.79 Å². The fourth-order valence-corrected chi connectivity index (χ4v) is 4.13. The monoisotopic (exact) mass is 350 g/mol. The third-order valence-electron chi connectivity index (χ3n) is 5.71. The SMILES string of the molecule is CC[C@@H]1CN(C(=O)OCC2c3ccccc3-c3ccccc32)[C@@H](C)CN1. The number of hydrogen-bond acceptors (Lipinski definition) is 3. The van der Waals surface area contributed by atoms with E-state index in [4.69, 9.17) is 4.74 Å². The highest BCUT2D eigenvalue weighted by atomic mass is 16.6. The van der Waals surface area contributed by atoms with Crippen LogP contribution in [0, 0.1) is 0 Å². The summed E-state index contributed by atoms with van der Waals surface area (Å²) in [6.07, 6.45) is 0.819. The van der Waals surface area contributed by atoms with Crippen LogP contribution >= 0.6 is 0 Å². The zero-order valence-electron chi connectivity index (χ0n) is 15.4. The Bertz CT molecular complexity index is 759. The van der Waals surface area contributed by atoms with Crippen molar-refractivity contribution in [1.29, 1.82) is 0 Å². The Morgan fingerprint density at radius 2 is 1.73 bits per heavy atom. The van der Waals surface area contributed by atoms with E-state index >= 15 is 0 Å². The van der Waals surface area contributed by atoms with E-state index < -0.39 is 0 Å². The predicted molar refractivity (Wildman–Crippen MR) is 103 cm³/mol. The van der Waals surface area contributed by atoms with Crippen LogP contribution < -0.4 is 5.32 Å². The zero-order valence-corrected chi connectivity index (χ0v) is 15.4. The summed E-state index contributed by atoms with van der Waals surface area (Å²) in [5.74, 6) is 0.117. The molecule has 1 saturated heterocycles. The summed E-state index contributed by atoms with van der Waals surface area (Å²) in [5, 5.41) is 3.48. The van der Waals surface area contributed by atoms with Crippen LogP contribution in [0.1, 0.15) is 37.3 Å². The second kappa shape index (κ2) is 7.12. The number of fused-ring (bicyclic) bond motifs is 3. The molecule has 2 atom stereocenters. The van der Waals surface area contributed by atoms with Gasteiger partial charge in [0.1, 0.15) is 6.61 Å². The lowest BCUT2D eigenvalue weighted by atomic mass is 9.98. The van der Waals surface area contributed by atoms with E-state index in [1.54, 1.807) is 0 Å². The summed E-state index contributed by atoms with van der Waals surface area (Å²) in [5.41, 5.74) is 5.01. The maximum atomic E-state index is 12.7. The Morgan fingerprint density at radius 3 is 2.35 bits per heavy atom. The van der Waals surface area contributed by atoms with Gasteiger partial charge in [0.15, 0.2) is 0 Å². The highest BCUT2D eigenvalue weighted by molar-refractivity contribution is 5.79. The van der Waals surface area contributed by atoms with Crippen LogP contribution in [0.2, 0.25) is 0 Å². The molecule has 1 heterocycles. The summed E-state index contributed by atoms with van der Waals surface area (Å²) in [7, 11) is 0. The molecule has 26 heavy (non-hydrogen) atoms. The maximum Gasteiger partial charge on any atom is 0.410 e. The number of carbonyl (C=O) groups is 1. The van der Waals surface area contributed by atoms with E-state index in [0.29, 0.717) is 19.2 Å². The molecule has 4 nitrogen and oxygen atoms in total. The average molecular weight is 350 g/mol. The molecule has 0 bridgehead atoms. The largest absolute Gasteiger partial charge is 0.448 e. The second-order valence-electron chi connectivity index (χ2n) is 7.32. The molecule has 136 valence electrons. The lowest BCUT2D eigenvalue weighted by Crippen LogP contribution is -2.57. The molecule has 1 aliphatic heterocycles. The second-order valence-corrected chi connectivity index (χ2v) is 7.32. The molecule has 1 amide bonds. The number of benzene rings is 2. The van der Waals surface area contributed by atoms with Crippen molar-refractivity contribution >= 4 is 6.09 Å². The van der Waals surface area contributed by atoms with E-state index in [9.17, 15) is 4.79 Å². The van der Waals surface area contributed by atoms with Gasteiger partial charge in [-0.2, -0.15) is 0 Å². The van der Waals surface area contributed by atoms with E-state index in [-0.39, 0.29) is 18.1 Å². The van der Waals surface area contributed by atoms with Gasteiger partial charge in [0.25, 0.3) is 0 Å². The van der Waals surface area contributed by atoms with Crippen molar-refractivity contribution < 1.29 is 9.53 Å². The van der Waals surface area contributed by atoms with E-state index in [2.05, 4.69) is 67.7 Å². The Balaban J connectivity index is 1.50. The Morgan fingerprint density at radius 1 is 1.12 bits per heavy atom. The molecule has 1 fully saturated rings. The van der Waals surface area contributed by atoms with E-state index in [1.807, 2.05) is 4.90 Å². The van der Waals surface area contributed by atoms with Crippen LogP contribution in [-0.4, -0.2) is 42.8 Å². The lowest BCUT2D eigenvalue weighted by Gasteiger charge is -2.37. The van der Waals surface area contributed by atoms with Crippen molar-refractivity contribution in [1.82, 2.24) is 10.2 Å². The molecular formula is C22H26N2O2. The molecule has 0 unspecified atom stereocenters. The first-order valence-corrected chi connectivity index (χ1v) is 9.54. The van der Waals surface area contributed by atoms with Crippen molar-refractivity contribution in [2.24, 2.45) is 0 Å². The smallest absolute Gasteiger partial charge is 0.410 e. The lowest BCUT2D eigenvalue weighted by molar-refractivity contribution is 0.0697. The minimum Gasteiger partial charge on any atom is -0.448 e. The minimum atomic E-state index is -0.195. The van der Waals surface area contributed by atoms with Gasteiger partial charge in [-0.3, -0.25) is 0 Å². The zero-order chi connectivity index (χ0) is 18.1. The number of amides is 1. The van der Waals surface area contributed by atoms with Gasteiger partial charge in [-0.15, -0.1) is 0 Å². The molecule has 2 aromatic carbocycles. The van der Waals surface area contributed by atoms with Crippen LogP contribution in [0.15, 0.2) is 48.5 Å². The first kappa shape index (κ1) is 17.1. The fourth-order valence-electron chi connectivity index (χ4n) is 4.13. The summed E-state index contributed by atoms with van der Waals surface area (Å²) in [4.78, 5) is 14.6. The van der Waals surface area contributed by atoms with Gasteiger partial charge in [0.05, 0.1) is 0 Å². The summed E-state index contributed by atoms with van der Waals surface area (Å²) >= 11 is 0. The standard InChI is InChI=1S/C22H26N2O2/c1-3-16-13-24(15(2)12-23-16)22(25)26-14-21-19-10-6-4-8-17(19)18-9-5-7-11-20(18)21/h4-11,15-16,21,23H,3,12-14H2,1-2H3/t15-,16+/m0/s1. The number of nitrogens with one attached hydrogen (secondary N) is 1. The molecular weight excluding hydrogens is 324 g/mol. The van der Waals surface area contributed by atoms with Crippen LogP contribution in [0.5, 0.6) is 0 Å². The first-order chi connectivity index (χ1) is 12.7. The van der Waals surface area contributed by atoms with Crippen LogP contribution in [0.3, 0.4) is 0 Å². The van der Waals surface area contributed by atoms with Gasteiger partial charge < -0.3 is 15.0 Å². The molecule has 2 aromatic rings. The van der Waals surface area contributed by atoms with Crippen LogP contribution in [0.4, 0.5) is 4.79 Å². The molecule has 0 aromatic heterocycles. The molecule has 4 rings (SSSR count). The third kappa shape index (κ3) is 2.99. The number of ether oxygens (including phenoxy) is 1. The number of nitrogens with zero attached hydrogens (tertiary/aromatic N) is 1. The fraction of sp³-hybridized carbons (Fsp3) is 0.409. The van der Waals surface area contributed by atoms with Gasteiger partial charge in [-0.05, 0) is 35.6 Å². The molecule has 1 aliphatic carbocycles. The number of hydrogen-bond donors (Lipinski definition) is 1. The summed E-state index contributed by atoms with van der Waals surface area (Å²) < 4.78 is 5.80. The number of carbonyl (C=O) groups excluding carboxylic acids is 1. The molecule has 2 aliphatic rings. The summed E-state index contributed by atoms with van der Waals surface area (Å²) in [6, 6.07) is 17.4. The van der Waals surface area contributed by atoms with Gasteiger partial charge in [0.2, 0.25) is 0 Å². The number of piperazine rings is 1. The third-order valence-corrected chi connectivity index (χ3v) is 5.71. The minimum absolute atomic E-state index is 0.117. The van der Waals surface area contributed by atoms with E-state index in [1.165, 1.54) is 22.3 Å². The highest BCUT2D eigenvalue weighted by Crippen LogP contribution is 2.44. The van der Waals surface area contributed by atoms with Crippen molar-refractivity contribution in [2.45, 2.75) is 38.3 Å². The molecule has 4 heteroatoms. The predicted octanol–water partition coefficient (Wildman–Crippen LogP) is 4.01. The summed E-state index contributed by atoms with van der Waals surface area (Å²) in [6.45, 7) is 6.14. The normalized spacial score (nSPS) is 22.0. The quantitative estimate of drug-likeness (QED) is 0.909. The van der Waals surface area contributed by atoms with E-state index in [0.717, 1.165) is 13.0 Å². The molecule has 0 saturated carbocycles. The first-order valence-electron chi connectivity index (χ1n) is 9.54. The van der Waals surface area contributed by atoms with Gasteiger partial charge in [0, 0.05) is 31.1 Å². The van der Waals surface area contributed by atoms with Gasteiger partial charge in [-0.1, -0.05) is 55.5 Å². The number of rotatable bonds is 3. The topological polar surface area (TPSA) is 41.6 Å². The highest BCUT2D eigenvalue weighted by Gasteiger charge is 2.32. The van der Waals surface area contributed by atoms with Crippen molar-refractivity contribution in [2.75, 3.05) is 19.7 Å². The maximum absolute atomic E-state index is 12.7. The van der Waals surface area contributed by atoms with Crippen molar-refractivity contribution in [3.8, 4) is 11.1 Å². The van der Waals surface area contributed by atoms with Crippen LogP contribution in [-0.2, 0) is 4.74 Å². The average Bonchev–Trinajstić information content (AvgIpc) is 3.00. The van der Waals surface area contributed by atoms with Crippen LogP contribution in [0.25, 0.3) is 11.1 Å². The van der Waals surface area contributed by atoms with Crippen molar-refractivity contribution in [3.05, 3.63) is 59.7 Å². The molecule has 0 radical (unpaired) electrons.